The minimum absolute atomic E-state index is 0.0209. The van der Waals surface area contributed by atoms with E-state index < -0.39 is 5.41 Å². The van der Waals surface area contributed by atoms with Gasteiger partial charge in [-0.05, 0) is 42.6 Å². The number of aryl methyl sites for hydroxylation is 1. The zero-order chi connectivity index (χ0) is 18.9. The first kappa shape index (κ1) is 17.9. The SMILES string of the molecule is Cc1ccc2[nH]c(=O)c(CN(C(=O)C(C)(C)C)c3ccccc3)cc2c1. The lowest BCUT2D eigenvalue weighted by Crippen LogP contribution is -2.40. The summed E-state index contributed by atoms with van der Waals surface area (Å²) in [5.41, 5.74) is 2.58. The molecule has 3 rings (SSSR count). The fraction of sp³-hybridized carbons (Fsp3) is 0.273. The second kappa shape index (κ2) is 6.79. The van der Waals surface area contributed by atoms with Crippen LogP contribution in [0.5, 0.6) is 0 Å². The number of hydrogen-bond acceptors (Lipinski definition) is 2. The van der Waals surface area contributed by atoms with Crippen LogP contribution in [0.25, 0.3) is 10.9 Å². The molecule has 0 spiro atoms. The number of hydrogen-bond donors (Lipinski definition) is 1. The maximum Gasteiger partial charge on any atom is 0.253 e. The molecular weight excluding hydrogens is 324 g/mol. The number of pyridine rings is 1. The molecule has 0 saturated heterocycles. The van der Waals surface area contributed by atoms with Gasteiger partial charge in [0.25, 0.3) is 5.56 Å². The van der Waals surface area contributed by atoms with Crippen LogP contribution in [0, 0.1) is 12.3 Å². The molecule has 0 fully saturated rings. The van der Waals surface area contributed by atoms with Crippen molar-refractivity contribution in [2.75, 3.05) is 4.90 Å². The molecule has 3 aromatic rings. The molecule has 0 aliphatic carbocycles. The van der Waals surface area contributed by atoms with Gasteiger partial charge in [0.15, 0.2) is 0 Å². The summed E-state index contributed by atoms with van der Waals surface area (Å²) in [5.74, 6) is -0.0209. The van der Waals surface area contributed by atoms with E-state index in [-0.39, 0.29) is 18.0 Å². The molecule has 0 atom stereocenters. The number of benzene rings is 2. The van der Waals surface area contributed by atoms with Gasteiger partial charge in [0, 0.05) is 22.2 Å². The number of amides is 1. The van der Waals surface area contributed by atoms with Gasteiger partial charge in [0.1, 0.15) is 0 Å². The Balaban J connectivity index is 2.07. The molecule has 4 heteroatoms. The minimum atomic E-state index is -0.546. The number of carbonyl (C=O) groups excluding carboxylic acids is 1. The van der Waals surface area contributed by atoms with Crippen LogP contribution < -0.4 is 10.5 Å². The number of aromatic amines is 1. The highest BCUT2D eigenvalue weighted by molar-refractivity contribution is 5.96. The van der Waals surface area contributed by atoms with Crippen molar-refractivity contribution in [1.82, 2.24) is 4.98 Å². The Morgan fingerprint density at radius 1 is 1.04 bits per heavy atom. The second-order valence-electron chi connectivity index (χ2n) is 7.69. The predicted octanol–water partition coefficient (Wildman–Crippen LogP) is 4.42. The Morgan fingerprint density at radius 2 is 1.73 bits per heavy atom. The quantitative estimate of drug-likeness (QED) is 0.762. The molecule has 4 nitrogen and oxygen atoms in total. The molecule has 0 aliphatic heterocycles. The molecule has 0 saturated carbocycles. The molecule has 1 amide bonds. The first-order chi connectivity index (χ1) is 12.3. The molecule has 0 aliphatic rings. The highest BCUT2D eigenvalue weighted by Gasteiger charge is 2.28. The summed E-state index contributed by atoms with van der Waals surface area (Å²) >= 11 is 0. The van der Waals surface area contributed by atoms with Gasteiger partial charge in [0.2, 0.25) is 5.91 Å². The molecule has 1 aromatic heterocycles. The van der Waals surface area contributed by atoms with Gasteiger partial charge in [-0.15, -0.1) is 0 Å². The van der Waals surface area contributed by atoms with Crippen LogP contribution in [-0.4, -0.2) is 10.9 Å². The molecule has 1 heterocycles. The number of anilines is 1. The molecule has 0 unspecified atom stereocenters. The number of nitrogens with one attached hydrogen (secondary N) is 1. The van der Waals surface area contributed by atoms with E-state index in [0.29, 0.717) is 5.56 Å². The minimum Gasteiger partial charge on any atom is -0.322 e. The third-order valence-corrected chi connectivity index (χ3v) is 4.36. The van der Waals surface area contributed by atoms with Crippen LogP contribution in [0.15, 0.2) is 59.4 Å². The van der Waals surface area contributed by atoms with Crippen molar-refractivity contribution in [1.29, 1.82) is 0 Å². The number of nitrogens with zero attached hydrogens (tertiary/aromatic N) is 1. The van der Waals surface area contributed by atoms with E-state index >= 15 is 0 Å². The van der Waals surface area contributed by atoms with Gasteiger partial charge in [-0.25, -0.2) is 0 Å². The summed E-state index contributed by atoms with van der Waals surface area (Å²) in [6.45, 7) is 7.92. The van der Waals surface area contributed by atoms with Crippen LogP contribution in [0.2, 0.25) is 0 Å². The summed E-state index contributed by atoms with van der Waals surface area (Å²) in [6, 6.07) is 17.3. The summed E-state index contributed by atoms with van der Waals surface area (Å²) in [5, 5.41) is 0.968. The second-order valence-corrected chi connectivity index (χ2v) is 7.69. The third-order valence-electron chi connectivity index (χ3n) is 4.36. The normalized spacial score (nSPS) is 11.5. The van der Waals surface area contributed by atoms with Crippen molar-refractivity contribution in [3.63, 3.8) is 0 Å². The zero-order valence-electron chi connectivity index (χ0n) is 15.7. The van der Waals surface area contributed by atoms with Crippen molar-refractivity contribution in [3.05, 3.63) is 76.1 Å². The first-order valence-electron chi connectivity index (χ1n) is 8.75. The number of aromatic nitrogens is 1. The van der Waals surface area contributed by atoms with Crippen LogP contribution in [-0.2, 0) is 11.3 Å². The Morgan fingerprint density at radius 3 is 2.38 bits per heavy atom. The summed E-state index contributed by atoms with van der Waals surface area (Å²) < 4.78 is 0. The van der Waals surface area contributed by atoms with Gasteiger partial charge in [-0.3, -0.25) is 9.59 Å². The Hall–Kier alpha value is -2.88. The predicted molar refractivity (Wildman–Crippen MR) is 106 cm³/mol. The largest absolute Gasteiger partial charge is 0.322 e. The molecule has 26 heavy (non-hydrogen) atoms. The number of fused-ring (bicyclic) bond motifs is 1. The Labute approximate surface area is 153 Å². The van der Waals surface area contributed by atoms with E-state index in [1.807, 2.05) is 82.3 Å². The van der Waals surface area contributed by atoms with Crippen LogP contribution in [0.4, 0.5) is 5.69 Å². The monoisotopic (exact) mass is 348 g/mol. The van der Waals surface area contributed by atoms with Gasteiger partial charge < -0.3 is 9.88 Å². The van der Waals surface area contributed by atoms with E-state index in [9.17, 15) is 9.59 Å². The van der Waals surface area contributed by atoms with Gasteiger partial charge >= 0.3 is 0 Å². The van der Waals surface area contributed by atoms with E-state index in [0.717, 1.165) is 22.2 Å². The first-order valence-corrected chi connectivity index (χ1v) is 8.75. The van der Waals surface area contributed by atoms with Crippen LogP contribution >= 0.6 is 0 Å². The van der Waals surface area contributed by atoms with E-state index in [1.54, 1.807) is 4.90 Å². The van der Waals surface area contributed by atoms with Crippen molar-refractivity contribution in [2.45, 2.75) is 34.2 Å². The summed E-state index contributed by atoms with van der Waals surface area (Å²) in [4.78, 5) is 30.2. The van der Waals surface area contributed by atoms with Crippen molar-refractivity contribution >= 4 is 22.5 Å². The smallest absolute Gasteiger partial charge is 0.253 e. The van der Waals surface area contributed by atoms with E-state index in [2.05, 4.69) is 4.98 Å². The molecule has 2 aromatic carbocycles. The zero-order valence-corrected chi connectivity index (χ0v) is 15.7. The van der Waals surface area contributed by atoms with Gasteiger partial charge in [0.05, 0.1) is 6.54 Å². The van der Waals surface area contributed by atoms with E-state index in [4.69, 9.17) is 0 Å². The molecule has 0 radical (unpaired) electrons. The fourth-order valence-corrected chi connectivity index (χ4v) is 2.95. The number of rotatable bonds is 3. The topological polar surface area (TPSA) is 53.2 Å². The molecule has 0 bridgehead atoms. The number of H-pyrrole nitrogens is 1. The third kappa shape index (κ3) is 3.69. The van der Waals surface area contributed by atoms with Gasteiger partial charge in [-0.1, -0.05) is 50.6 Å². The molecule has 134 valence electrons. The fourth-order valence-electron chi connectivity index (χ4n) is 2.95. The average molecular weight is 348 g/mol. The van der Waals surface area contributed by atoms with Crippen molar-refractivity contribution in [2.24, 2.45) is 5.41 Å². The maximum atomic E-state index is 13.0. The Bertz CT molecular complexity index is 998. The van der Waals surface area contributed by atoms with Crippen molar-refractivity contribution < 1.29 is 4.79 Å². The van der Waals surface area contributed by atoms with Crippen molar-refractivity contribution in [3.8, 4) is 0 Å². The average Bonchev–Trinajstić information content (AvgIpc) is 2.59. The summed E-state index contributed by atoms with van der Waals surface area (Å²) in [6.07, 6.45) is 0. The lowest BCUT2D eigenvalue weighted by Gasteiger charge is -2.29. The van der Waals surface area contributed by atoms with Gasteiger partial charge in [-0.2, -0.15) is 0 Å². The summed E-state index contributed by atoms with van der Waals surface area (Å²) in [7, 11) is 0. The highest BCUT2D eigenvalue weighted by Crippen LogP contribution is 2.25. The molecule has 1 N–H and O–H groups in total. The Kier molecular flexibility index (Phi) is 4.68. The standard InChI is InChI=1S/C22H24N2O2/c1-15-10-11-19-16(12-15)13-17(20(25)23-19)14-24(21(26)22(2,3)4)18-8-6-5-7-9-18/h5-13H,14H2,1-4H3,(H,23,25). The van der Waals surface area contributed by atoms with Crippen LogP contribution in [0.1, 0.15) is 31.9 Å². The lowest BCUT2D eigenvalue weighted by atomic mass is 9.94. The number of carbonyl (C=O) groups is 1. The van der Waals surface area contributed by atoms with Crippen LogP contribution in [0.3, 0.4) is 0 Å². The number of para-hydroxylation sites is 1. The maximum absolute atomic E-state index is 13.0. The van der Waals surface area contributed by atoms with E-state index in [1.165, 1.54) is 0 Å². The molecular formula is C22H24N2O2. The lowest BCUT2D eigenvalue weighted by molar-refractivity contribution is -0.125. The highest BCUT2D eigenvalue weighted by atomic mass is 16.2.